The van der Waals surface area contributed by atoms with Crippen LogP contribution >= 0.6 is 0 Å². The van der Waals surface area contributed by atoms with Crippen molar-refractivity contribution in [2.75, 3.05) is 52.0 Å². The van der Waals surface area contributed by atoms with Crippen LogP contribution in [-0.4, -0.2) is 76.6 Å². The molecule has 5 rings (SSSR count). The van der Waals surface area contributed by atoms with E-state index in [9.17, 15) is 61.1 Å². The summed E-state index contributed by atoms with van der Waals surface area (Å²) in [6.45, 7) is 11.9. The molecule has 0 aliphatic carbocycles. The zero-order chi connectivity index (χ0) is 45.7. The van der Waals surface area contributed by atoms with Crippen LogP contribution in [0.25, 0.3) is 0 Å². The second-order valence-electron chi connectivity index (χ2n) is 14.7. The molecule has 0 radical (unpaired) electrons. The highest BCUT2D eigenvalue weighted by molar-refractivity contribution is 7.93. The van der Waals surface area contributed by atoms with E-state index in [0.29, 0.717) is 49.3 Å². The molecule has 14 nitrogen and oxygen atoms in total. The molecule has 0 amide bonds. The Morgan fingerprint density at radius 2 is 1.33 bits per heavy atom. The number of ether oxygens (including phenoxy) is 1. The predicted octanol–water partition coefficient (Wildman–Crippen LogP) is 9.11. The number of nitrogens with zero attached hydrogens (tertiary/aromatic N) is 6. The van der Waals surface area contributed by atoms with Crippen molar-refractivity contribution in [3.8, 4) is 0 Å². The van der Waals surface area contributed by atoms with Crippen molar-refractivity contribution in [2.45, 2.75) is 77.5 Å². The highest BCUT2D eigenvalue weighted by atomic mass is 32.2. The highest BCUT2D eigenvalue weighted by Gasteiger charge is 2.47. The molecular formula is C36H43F9N8O6S2. The number of aryl methyl sites for hydroxylation is 2. The van der Waals surface area contributed by atoms with Gasteiger partial charge in [0.1, 0.15) is 11.3 Å². The summed E-state index contributed by atoms with van der Waals surface area (Å²) in [5.74, 6) is -1.61. The summed E-state index contributed by atoms with van der Waals surface area (Å²) >= 11 is 0. The number of anilines is 4. The van der Waals surface area contributed by atoms with Crippen LogP contribution in [-0.2, 0) is 43.8 Å². The van der Waals surface area contributed by atoms with Gasteiger partial charge >= 0.3 is 43.2 Å². The fourth-order valence-corrected chi connectivity index (χ4v) is 7.47. The summed E-state index contributed by atoms with van der Waals surface area (Å²) in [6.07, 6.45) is -1.57. The summed E-state index contributed by atoms with van der Waals surface area (Å²) in [4.78, 5) is 22.6. The second-order valence-corrected chi connectivity index (χ2v) is 18.0. The van der Waals surface area contributed by atoms with E-state index in [1.807, 2.05) is 18.7 Å². The molecule has 61 heavy (non-hydrogen) atoms. The maximum atomic E-state index is 13.5. The van der Waals surface area contributed by atoms with E-state index in [4.69, 9.17) is 0 Å². The first-order valence-electron chi connectivity index (χ1n) is 18.6. The van der Waals surface area contributed by atoms with Crippen LogP contribution in [0.15, 0.2) is 46.8 Å². The Labute approximate surface area is 346 Å². The SMILES string of the molecule is CC(C)CN1CCCc2ccc(NS(=O)(=O)C(F)(F)F)cc21.CCOC(=O)c1cnc(N=Nc2cc3c(cc2NS(=O)(=O)C(F)(F)F)N(CC(C)C)CCC3)nc1C(F)(F)F. The average molecular weight is 919 g/mol. The van der Waals surface area contributed by atoms with E-state index in [1.165, 1.54) is 35.9 Å². The zero-order valence-electron chi connectivity index (χ0n) is 33.3. The van der Waals surface area contributed by atoms with Gasteiger partial charge in [-0.05, 0) is 79.8 Å². The van der Waals surface area contributed by atoms with Gasteiger partial charge in [0.2, 0.25) is 0 Å². The molecule has 2 aliphatic rings. The number of sulfonamides is 2. The minimum Gasteiger partial charge on any atom is -0.462 e. The Bertz CT molecular complexity index is 2310. The molecule has 0 atom stereocenters. The number of alkyl halides is 9. The average Bonchev–Trinajstić information content (AvgIpc) is 3.13. The zero-order valence-corrected chi connectivity index (χ0v) is 35.0. The number of esters is 1. The minimum atomic E-state index is -5.87. The Hall–Kier alpha value is -4.94. The molecule has 2 aromatic carbocycles. The van der Waals surface area contributed by atoms with E-state index in [2.05, 4.69) is 43.7 Å². The second kappa shape index (κ2) is 19.0. The molecule has 0 unspecified atom stereocenters. The molecule has 0 saturated heterocycles. The number of hydrogen-bond acceptors (Lipinski definition) is 12. The first kappa shape index (κ1) is 48.7. The largest absolute Gasteiger partial charge is 0.516 e. The van der Waals surface area contributed by atoms with Crippen LogP contribution in [0.5, 0.6) is 0 Å². The number of fused-ring (bicyclic) bond motifs is 2. The molecule has 25 heteroatoms. The van der Waals surface area contributed by atoms with Gasteiger partial charge in [0.15, 0.2) is 5.69 Å². The third-order valence-corrected chi connectivity index (χ3v) is 11.0. The number of carbonyl (C=O) groups is 1. The number of nitrogens with one attached hydrogen (secondary N) is 2. The lowest BCUT2D eigenvalue weighted by molar-refractivity contribution is -0.141. The predicted molar refractivity (Wildman–Crippen MR) is 208 cm³/mol. The smallest absolute Gasteiger partial charge is 0.462 e. The number of benzene rings is 2. The summed E-state index contributed by atoms with van der Waals surface area (Å²) in [5.41, 5.74) is -11.7. The standard InChI is InChI=1S/C22H24F6N6O4S.C14H19F3N2O2S/c1-4-38-19(35)14-10-29-20(30-18(14)21(23,24)25)32-31-15-8-13-6-5-7-34(11-12(2)3)17(13)9-16(15)33-39(36,37)22(26,27)28;1-10(2)9-19-7-3-4-11-5-6-12(8-13(11)19)18-22(20,21)14(15,16)17/h8-10,12,33H,4-7,11H2,1-3H3;5-6,8,10,18H,3-4,7,9H2,1-2H3. The van der Waals surface area contributed by atoms with Crippen molar-refractivity contribution in [1.82, 2.24) is 9.97 Å². The van der Waals surface area contributed by atoms with E-state index < -0.39 is 71.8 Å². The van der Waals surface area contributed by atoms with Crippen molar-refractivity contribution < 1.29 is 65.9 Å². The quantitative estimate of drug-likeness (QED) is 0.101. The van der Waals surface area contributed by atoms with Crippen LogP contribution in [0.3, 0.4) is 0 Å². The van der Waals surface area contributed by atoms with Crippen LogP contribution in [0.4, 0.5) is 73.9 Å². The van der Waals surface area contributed by atoms with E-state index in [1.54, 1.807) is 10.8 Å². The maximum absolute atomic E-state index is 13.5. The topological polar surface area (TPSA) is 176 Å². The summed E-state index contributed by atoms with van der Waals surface area (Å²) in [5, 5.41) is 7.16. The van der Waals surface area contributed by atoms with Crippen molar-refractivity contribution in [2.24, 2.45) is 22.1 Å². The van der Waals surface area contributed by atoms with Gasteiger partial charge in [-0.15, -0.1) is 10.2 Å². The van der Waals surface area contributed by atoms with Gasteiger partial charge in [-0.3, -0.25) is 9.44 Å². The van der Waals surface area contributed by atoms with Gasteiger partial charge in [0, 0.05) is 43.8 Å². The Morgan fingerprint density at radius 1 is 0.787 bits per heavy atom. The lowest BCUT2D eigenvalue weighted by atomic mass is 9.99. The minimum absolute atomic E-state index is 0.0632. The lowest BCUT2D eigenvalue weighted by Crippen LogP contribution is -2.33. The van der Waals surface area contributed by atoms with Gasteiger partial charge < -0.3 is 14.5 Å². The van der Waals surface area contributed by atoms with Crippen LogP contribution in [0.1, 0.15) is 74.6 Å². The monoisotopic (exact) mass is 918 g/mol. The van der Waals surface area contributed by atoms with E-state index in [0.717, 1.165) is 37.2 Å². The van der Waals surface area contributed by atoms with Crippen molar-refractivity contribution >= 4 is 60.4 Å². The summed E-state index contributed by atoms with van der Waals surface area (Å²) in [7, 11) is -11.3. The van der Waals surface area contributed by atoms with Gasteiger partial charge in [-0.1, -0.05) is 33.8 Å². The highest BCUT2D eigenvalue weighted by Crippen LogP contribution is 2.40. The Morgan fingerprint density at radius 3 is 1.85 bits per heavy atom. The number of hydrogen-bond donors (Lipinski definition) is 2. The molecule has 0 bridgehead atoms. The van der Waals surface area contributed by atoms with E-state index >= 15 is 0 Å². The van der Waals surface area contributed by atoms with Gasteiger partial charge in [0.25, 0.3) is 5.95 Å². The first-order chi connectivity index (χ1) is 28.1. The summed E-state index contributed by atoms with van der Waals surface area (Å²) in [6, 6.07) is 7.04. The molecule has 3 aromatic rings. The molecule has 0 fully saturated rings. The Kier molecular flexibility index (Phi) is 15.2. The molecule has 338 valence electrons. The first-order valence-corrected chi connectivity index (χ1v) is 21.6. The van der Waals surface area contributed by atoms with Crippen molar-refractivity contribution in [3.63, 3.8) is 0 Å². The molecule has 3 heterocycles. The lowest BCUT2D eigenvalue weighted by Gasteiger charge is -2.33. The van der Waals surface area contributed by atoms with Crippen molar-refractivity contribution in [1.29, 1.82) is 0 Å². The number of halogens is 9. The molecule has 0 saturated carbocycles. The maximum Gasteiger partial charge on any atom is 0.516 e. The van der Waals surface area contributed by atoms with E-state index in [-0.39, 0.29) is 18.2 Å². The molecule has 1 aromatic heterocycles. The van der Waals surface area contributed by atoms with Crippen molar-refractivity contribution in [3.05, 3.63) is 58.9 Å². The van der Waals surface area contributed by atoms with Crippen LogP contribution in [0.2, 0.25) is 0 Å². The van der Waals surface area contributed by atoms with Crippen LogP contribution in [0, 0.1) is 11.8 Å². The fourth-order valence-electron chi connectivity index (χ4n) is 6.34. The molecular weight excluding hydrogens is 876 g/mol. The number of aromatic nitrogens is 2. The molecule has 2 N–H and O–H groups in total. The van der Waals surface area contributed by atoms with Gasteiger partial charge in [0.05, 0.1) is 18.0 Å². The number of rotatable bonds is 12. The normalized spacial score (nSPS) is 15.0. The molecule has 2 aliphatic heterocycles. The Balaban J connectivity index is 0.000000314. The third kappa shape index (κ3) is 12.6. The van der Waals surface area contributed by atoms with Gasteiger partial charge in [-0.2, -0.15) is 56.3 Å². The summed E-state index contributed by atoms with van der Waals surface area (Å²) < 4.78 is 171. The number of carbonyl (C=O) groups excluding carboxylic acids is 1. The van der Waals surface area contributed by atoms with Crippen LogP contribution < -0.4 is 19.2 Å². The third-order valence-electron chi connectivity index (χ3n) is 8.78. The molecule has 0 spiro atoms. The fraction of sp³-hybridized carbons (Fsp3) is 0.528. The van der Waals surface area contributed by atoms with Gasteiger partial charge in [-0.25, -0.2) is 14.8 Å². The number of azo groups is 1.